The fraction of sp³-hybridized carbons (Fsp3) is 0.889. The van der Waals surface area contributed by atoms with Crippen LogP contribution in [0.4, 0.5) is 0 Å². The average Bonchev–Trinajstić information content (AvgIpc) is 2.36. The SMILES string of the molecule is CCOC(=O)C[N+]1(C)CCCC1.[Cl-]. The second kappa shape index (κ2) is 5.45. The van der Waals surface area contributed by atoms with Gasteiger partial charge >= 0.3 is 5.97 Å². The maximum atomic E-state index is 11.2. The van der Waals surface area contributed by atoms with Crippen LogP contribution in [0.1, 0.15) is 19.8 Å². The first-order chi connectivity index (χ1) is 5.66. The largest absolute Gasteiger partial charge is 1.00 e. The molecule has 3 nitrogen and oxygen atoms in total. The van der Waals surface area contributed by atoms with Gasteiger partial charge in [-0.2, -0.15) is 0 Å². The number of carbonyl (C=O) groups excluding carboxylic acids is 1. The molecule has 1 aliphatic heterocycles. The number of halogens is 1. The van der Waals surface area contributed by atoms with Crippen molar-refractivity contribution in [3.8, 4) is 0 Å². The molecule has 0 aromatic carbocycles. The number of nitrogens with zero attached hydrogens (tertiary/aromatic N) is 1. The Balaban J connectivity index is 0.00000144. The Hall–Kier alpha value is -0.280. The summed E-state index contributed by atoms with van der Waals surface area (Å²) in [4.78, 5) is 11.2. The van der Waals surface area contributed by atoms with Crippen molar-refractivity contribution in [1.29, 1.82) is 0 Å². The molecule has 0 aromatic rings. The lowest BCUT2D eigenvalue weighted by atomic mass is 10.4. The van der Waals surface area contributed by atoms with Gasteiger partial charge in [-0.25, -0.2) is 4.79 Å². The van der Waals surface area contributed by atoms with Gasteiger partial charge < -0.3 is 21.6 Å². The number of ether oxygens (including phenoxy) is 1. The molecule has 0 saturated carbocycles. The van der Waals surface area contributed by atoms with E-state index in [1.807, 2.05) is 6.92 Å². The highest BCUT2D eigenvalue weighted by molar-refractivity contribution is 5.70. The molecule has 0 atom stereocenters. The number of carbonyl (C=O) groups is 1. The van der Waals surface area contributed by atoms with Crippen LogP contribution in [-0.4, -0.2) is 43.7 Å². The van der Waals surface area contributed by atoms with Gasteiger partial charge in [0.2, 0.25) is 0 Å². The first-order valence-corrected chi connectivity index (χ1v) is 4.65. The fourth-order valence-electron chi connectivity index (χ4n) is 1.78. The number of hydrogen-bond acceptors (Lipinski definition) is 2. The van der Waals surface area contributed by atoms with Crippen LogP contribution in [0.25, 0.3) is 0 Å². The van der Waals surface area contributed by atoms with E-state index < -0.39 is 0 Å². The summed E-state index contributed by atoms with van der Waals surface area (Å²) in [5.41, 5.74) is 0. The summed E-state index contributed by atoms with van der Waals surface area (Å²) >= 11 is 0. The van der Waals surface area contributed by atoms with E-state index in [0.717, 1.165) is 17.6 Å². The van der Waals surface area contributed by atoms with Crippen LogP contribution in [-0.2, 0) is 9.53 Å². The van der Waals surface area contributed by atoms with E-state index in [1.165, 1.54) is 12.8 Å². The van der Waals surface area contributed by atoms with Gasteiger partial charge in [0.05, 0.1) is 26.7 Å². The zero-order chi connectivity index (χ0) is 9.03. The van der Waals surface area contributed by atoms with Crippen LogP contribution in [0, 0.1) is 0 Å². The minimum atomic E-state index is -0.0538. The summed E-state index contributed by atoms with van der Waals surface area (Å²) in [6, 6.07) is 0. The molecule has 1 heterocycles. The topological polar surface area (TPSA) is 26.3 Å². The molecule has 0 radical (unpaired) electrons. The third-order valence-corrected chi connectivity index (χ3v) is 2.46. The van der Waals surface area contributed by atoms with E-state index in [4.69, 9.17) is 4.74 Å². The van der Waals surface area contributed by atoms with Crippen molar-refractivity contribution >= 4 is 5.97 Å². The standard InChI is InChI=1S/C9H18NO2.ClH/c1-3-12-9(11)8-10(2)6-4-5-7-10;/h3-8H2,1-2H3;1H/q+1;/p-1. The highest BCUT2D eigenvalue weighted by Crippen LogP contribution is 2.15. The van der Waals surface area contributed by atoms with E-state index in [9.17, 15) is 4.79 Å². The molecule has 4 heteroatoms. The van der Waals surface area contributed by atoms with Gasteiger partial charge in [0.15, 0.2) is 6.54 Å². The van der Waals surface area contributed by atoms with E-state index in [0.29, 0.717) is 13.2 Å². The van der Waals surface area contributed by atoms with Crippen molar-refractivity contribution in [2.45, 2.75) is 19.8 Å². The number of quaternary nitrogens is 1. The molecule has 78 valence electrons. The van der Waals surface area contributed by atoms with E-state index >= 15 is 0 Å². The summed E-state index contributed by atoms with van der Waals surface area (Å²) in [5, 5.41) is 0. The number of likely N-dealkylation sites (N-methyl/N-ethyl adjacent to an activating group) is 1. The maximum absolute atomic E-state index is 11.2. The molecule has 1 aliphatic rings. The Morgan fingerprint density at radius 3 is 2.38 bits per heavy atom. The van der Waals surface area contributed by atoms with Crippen molar-refractivity contribution in [3.05, 3.63) is 0 Å². The van der Waals surface area contributed by atoms with Crippen LogP contribution in [0.3, 0.4) is 0 Å². The quantitative estimate of drug-likeness (QED) is 0.388. The minimum Gasteiger partial charge on any atom is -1.00 e. The zero-order valence-corrected chi connectivity index (χ0v) is 9.14. The summed E-state index contributed by atoms with van der Waals surface area (Å²) in [7, 11) is 2.13. The lowest BCUT2D eigenvalue weighted by molar-refractivity contribution is -0.890. The monoisotopic (exact) mass is 207 g/mol. The lowest BCUT2D eigenvalue weighted by Gasteiger charge is -2.27. The van der Waals surface area contributed by atoms with Crippen molar-refractivity contribution < 1.29 is 26.4 Å². The molecule has 0 unspecified atom stereocenters. The second-order valence-corrected chi connectivity index (χ2v) is 3.74. The molecule has 1 rings (SSSR count). The van der Waals surface area contributed by atoms with Gasteiger partial charge in [-0.3, -0.25) is 0 Å². The Morgan fingerprint density at radius 2 is 1.92 bits per heavy atom. The molecule has 0 spiro atoms. The molecule has 0 amide bonds. The molecule has 13 heavy (non-hydrogen) atoms. The van der Waals surface area contributed by atoms with Gasteiger partial charge in [-0.05, 0) is 6.92 Å². The minimum absolute atomic E-state index is 0. The summed E-state index contributed by atoms with van der Waals surface area (Å²) in [6.07, 6.45) is 2.49. The zero-order valence-electron chi connectivity index (χ0n) is 8.38. The van der Waals surface area contributed by atoms with Gasteiger partial charge in [-0.15, -0.1) is 0 Å². The van der Waals surface area contributed by atoms with Crippen LogP contribution in [0.2, 0.25) is 0 Å². The van der Waals surface area contributed by atoms with Gasteiger partial charge in [0.25, 0.3) is 0 Å². The van der Waals surface area contributed by atoms with Crippen molar-refractivity contribution in [2.75, 3.05) is 33.3 Å². The van der Waals surface area contributed by atoms with Crippen LogP contribution < -0.4 is 12.4 Å². The second-order valence-electron chi connectivity index (χ2n) is 3.74. The van der Waals surface area contributed by atoms with Crippen LogP contribution >= 0.6 is 0 Å². The summed E-state index contributed by atoms with van der Waals surface area (Å²) in [5.74, 6) is -0.0538. The molecule has 1 fully saturated rings. The number of esters is 1. The molecule has 0 aromatic heterocycles. The third-order valence-electron chi connectivity index (χ3n) is 2.46. The smallest absolute Gasteiger partial charge is 0.361 e. The van der Waals surface area contributed by atoms with Crippen LogP contribution in [0.5, 0.6) is 0 Å². The molecule has 0 N–H and O–H groups in total. The lowest BCUT2D eigenvalue weighted by Crippen LogP contribution is -3.00. The predicted molar refractivity (Wildman–Crippen MR) is 46.7 cm³/mol. The molecule has 0 aliphatic carbocycles. The van der Waals surface area contributed by atoms with Crippen molar-refractivity contribution in [2.24, 2.45) is 0 Å². The first kappa shape index (κ1) is 12.7. The Kier molecular flexibility index (Phi) is 5.33. The first-order valence-electron chi connectivity index (χ1n) is 4.65. The number of likely N-dealkylation sites (tertiary alicyclic amines) is 1. The highest BCUT2D eigenvalue weighted by atomic mass is 35.5. The van der Waals surface area contributed by atoms with E-state index in [-0.39, 0.29) is 18.4 Å². The van der Waals surface area contributed by atoms with Gasteiger partial charge in [-0.1, -0.05) is 0 Å². The van der Waals surface area contributed by atoms with Crippen molar-refractivity contribution in [3.63, 3.8) is 0 Å². The Labute approximate surface area is 86.1 Å². The third kappa shape index (κ3) is 3.96. The number of hydrogen-bond donors (Lipinski definition) is 0. The molecule has 0 bridgehead atoms. The number of rotatable bonds is 3. The summed E-state index contributed by atoms with van der Waals surface area (Å²) in [6.45, 7) is 5.15. The van der Waals surface area contributed by atoms with Crippen LogP contribution in [0.15, 0.2) is 0 Å². The van der Waals surface area contributed by atoms with Gasteiger partial charge in [0.1, 0.15) is 0 Å². The fourth-order valence-corrected chi connectivity index (χ4v) is 1.78. The average molecular weight is 208 g/mol. The van der Waals surface area contributed by atoms with E-state index in [1.54, 1.807) is 0 Å². The van der Waals surface area contributed by atoms with Crippen molar-refractivity contribution in [1.82, 2.24) is 0 Å². The maximum Gasteiger partial charge on any atom is 0.361 e. The Morgan fingerprint density at radius 1 is 1.38 bits per heavy atom. The highest BCUT2D eigenvalue weighted by Gasteiger charge is 2.29. The van der Waals surface area contributed by atoms with Gasteiger partial charge in [0, 0.05) is 12.8 Å². The normalized spacial score (nSPS) is 19.2. The summed E-state index contributed by atoms with van der Waals surface area (Å²) < 4.78 is 5.79. The molecular formula is C9H18ClNO2. The molecule has 1 saturated heterocycles. The predicted octanol–water partition coefficient (Wildman–Crippen LogP) is -2.21. The Bertz CT molecular complexity index is 167. The molecular weight excluding hydrogens is 190 g/mol. The van der Waals surface area contributed by atoms with E-state index in [2.05, 4.69) is 7.05 Å².